The third-order valence-corrected chi connectivity index (χ3v) is 4.90. The van der Waals surface area contributed by atoms with Crippen LogP contribution in [-0.4, -0.2) is 29.4 Å². The number of carbonyl (C=O) groups is 1. The number of nitrogens with zero attached hydrogens (tertiary/aromatic N) is 2. The van der Waals surface area contributed by atoms with E-state index in [9.17, 15) is 4.79 Å². The van der Waals surface area contributed by atoms with Gasteiger partial charge in [0.25, 0.3) is 0 Å². The molecule has 134 valence electrons. The zero-order valence-electron chi connectivity index (χ0n) is 14.5. The number of fused-ring (bicyclic) bond motifs is 1. The van der Waals surface area contributed by atoms with Crippen molar-refractivity contribution in [1.29, 1.82) is 0 Å². The third-order valence-electron chi connectivity index (χ3n) is 4.90. The SMILES string of the molecule is NC1=NCc2cc(CC(=O)N[C@H](c3ccccc3)[C@H]3CCCO3)ncc21. The lowest BCUT2D eigenvalue weighted by atomic mass is 9.99. The highest BCUT2D eigenvalue weighted by molar-refractivity contribution is 6.00. The number of pyridine rings is 1. The molecule has 26 heavy (non-hydrogen) atoms. The van der Waals surface area contributed by atoms with Crippen LogP contribution < -0.4 is 11.1 Å². The number of hydrogen-bond acceptors (Lipinski definition) is 5. The summed E-state index contributed by atoms with van der Waals surface area (Å²) in [5, 5.41) is 3.14. The highest BCUT2D eigenvalue weighted by Crippen LogP contribution is 2.27. The molecule has 1 aromatic heterocycles. The fraction of sp³-hybridized carbons (Fsp3) is 0.350. The lowest BCUT2D eigenvalue weighted by Crippen LogP contribution is -2.37. The van der Waals surface area contributed by atoms with Crippen LogP contribution in [0.1, 0.15) is 41.3 Å². The second-order valence-electron chi connectivity index (χ2n) is 6.72. The Morgan fingerprint density at radius 2 is 2.19 bits per heavy atom. The van der Waals surface area contributed by atoms with Crippen LogP contribution in [-0.2, 0) is 22.5 Å². The van der Waals surface area contributed by atoms with Gasteiger partial charge in [-0.1, -0.05) is 30.3 Å². The molecule has 2 aliphatic rings. The van der Waals surface area contributed by atoms with Crippen molar-refractivity contribution >= 4 is 11.7 Å². The van der Waals surface area contributed by atoms with Gasteiger partial charge in [0, 0.05) is 18.4 Å². The average molecular weight is 350 g/mol. The Morgan fingerprint density at radius 1 is 1.35 bits per heavy atom. The van der Waals surface area contributed by atoms with Gasteiger partial charge in [0.1, 0.15) is 5.84 Å². The van der Waals surface area contributed by atoms with Crippen LogP contribution in [0.15, 0.2) is 47.6 Å². The molecular weight excluding hydrogens is 328 g/mol. The molecule has 0 unspecified atom stereocenters. The summed E-state index contributed by atoms with van der Waals surface area (Å²) < 4.78 is 5.83. The number of amides is 1. The van der Waals surface area contributed by atoms with Gasteiger partial charge in [-0.15, -0.1) is 0 Å². The minimum atomic E-state index is -0.139. The number of nitrogens with two attached hydrogens (primary N) is 1. The summed E-state index contributed by atoms with van der Waals surface area (Å²) in [5.41, 5.74) is 9.51. The van der Waals surface area contributed by atoms with Gasteiger partial charge in [-0.25, -0.2) is 0 Å². The fourth-order valence-corrected chi connectivity index (χ4v) is 3.57. The maximum Gasteiger partial charge on any atom is 0.226 e. The van der Waals surface area contributed by atoms with E-state index in [2.05, 4.69) is 15.3 Å². The summed E-state index contributed by atoms with van der Waals surface area (Å²) in [4.78, 5) is 21.2. The van der Waals surface area contributed by atoms with Crippen molar-refractivity contribution in [1.82, 2.24) is 10.3 Å². The number of rotatable bonds is 5. The van der Waals surface area contributed by atoms with Crippen molar-refractivity contribution in [2.45, 2.75) is 38.0 Å². The zero-order valence-corrected chi connectivity index (χ0v) is 14.5. The van der Waals surface area contributed by atoms with Crippen LogP contribution >= 0.6 is 0 Å². The van der Waals surface area contributed by atoms with Crippen molar-refractivity contribution in [2.75, 3.05) is 6.61 Å². The maximum atomic E-state index is 12.7. The predicted octanol–water partition coefficient (Wildman–Crippen LogP) is 1.88. The van der Waals surface area contributed by atoms with E-state index in [0.29, 0.717) is 12.4 Å². The molecule has 3 N–H and O–H groups in total. The molecule has 3 heterocycles. The van der Waals surface area contributed by atoms with Crippen LogP contribution in [0, 0.1) is 0 Å². The summed E-state index contributed by atoms with van der Waals surface area (Å²) in [6.45, 7) is 1.30. The largest absolute Gasteiger partial charge is 0.383 e. The van der Waals surface area contributed by atoms with E-state index in [1.807, 2.05) is 36.4 Å². The lowest BCUT2D eigenvalue weighted by molar-refractivity contribution is -0.122. The smallest absolute Gasteiger partial charge is 0.226 e. The molecule has 6 heteroatoms. The highest BCUT2D eigenvalue weighted by atomic mass is 16.5. The maximum absolute atomic E-state index is 12.7. The lowest BCUT2D eigenvalue weighted by Gasteiger charge is -2.24. The minimum absolute atomic E-state index is 0.0162. The number of nitrogens with one attached hydrogen (secondary N) is 1. The number of aromatic nitrogens is 1. The molecule has 4 rings (SSSR count). The third kappa shape index (κ3) is 3.46. The fourth-order valence-electron chi connectivity index (χ4n) is 3.57. The van der Waals surface area contributed by atoms with Crippen molar-refractivity contribution in [3.05, 3.63) is 65.0 Å². The summed E-state index contributed by atoms with van der Waals surface area (Å²) in [6.07, 6.45) is 3.93. The van der Waals surface area contributed by atoms with Crippen molar-refractivity contribution in [3.63, 3.8) is 0 Å². The van der Waals surface area contributed by atoms with E-state index in [0.717, 1.165) is 41.8 Å². The highest BCUT2D eigenvalue weighted by Gasteiger charge is 2.28. The standard InChI is InChI=1S/C20H22N4O2/c21-20-16-12-22-15(9-14(16)11-23-20)10-18(25)24-19(17-7-4-8-26-17)13-5-2-1-3-6-13/h1-3,5-6,9,12,17,19H,4,7-8,10-11H2,(H2,21,23)(H,24,25)/t17-,19-/m1/s1. The van der Waals surface area contributed by atoms with E-state index in [-0.39, 0.29) is 24.5 Å². The second-order valence-corrected chi connectivity index (χ2v) is 6.72. The molecule has 0 radical (unpaired) electrons. The second kappa shape index (κ2) is 7.25. The Hall–Kier alpha value is -2.73. The monoisotopic (exact) mass is 350 g/mol. The predicted molar refractivity (Wildman–Crippen MR) is 98.7 cm³/mol. The van der Waals surface area contributed by atoms with Crippen molar-refractivity contribution < 1.29 is 9.53 Å². The number of hydrogen-bond donors (Lipinski definition) is 2. The van der Waals surface area contributed by atoms with Gasteiger partial charge in [0.2, 0.25) is 5.91 Å². The van der Waals surface area contributed by atoms with E-state index < -0.39 is 0 Å². The van der Waals surface area contributed by atoms with Gasteiger partial charge < -0.3 is 15.8 Å². The van der Waals surface area contributed by atoms with Crippen LogP contribution in [0.25, 0.3) is 0 Å². The summed E-state index contributed by atoms with van der Waals surface area (Å²) in [7, 11) is 0. The number of benzene rings is 1. The van der Waals surface area contributed by atoms with Gasteiger partial charge in [0.15, 0.2) is 0 Å². The Morgan fingerprint density at radius 3 is 2.96 bits per heavy atom. The number of amidine groups is 1. The van der Waals surface area contributed by atoms with Crippen molar-refractivity contribution in [2.24, 2.45) is 10.7 Å². The summed E-state index contributed by atoms with van der Waals surface area (Å²) in [6, 6.07) is 11.8. The Bertz CT molecular complexity index is 829. The van der Waals surface area contributed by atoms with Gasteiger partial charge in [-0.2, -0.15) is 0 Å². The molecule has 0 spiro atoms. The van der Waals surface area contributed by atoms with Crippen LogP contribution in [0.5, 0.6) is 0 Å². The Kier molecular flexibility index (Phi) is 4.67. The average Bonchev–Trinajstić information content (AvgIpc) is 3.31. The van der Waals surface area contributed by atoms with Gasteiger partial charge >= 0.3 is 0 Å². The summed E-state index contributed by atoms with van der Waals surface area (Å²) >= 11 is 0. The molecule has 1 fully saturated rings. The topological polar surface area (TPSA) is 89.6 Å². The first-order valence-corrected chi connectivity index (χ1v) is 8.95. The van der Waals surface area contributed by atoms with Crippen molar-refractivity contribution in [3.8, 4) is 0 Å². The Balaban J connectivity index is 1.47. The first kappa shape index (κ1) is 16.7. The molecular formula is C20H22N4O2. The van der Waals surface area contributed by atoms with E-state index in [1.54, 1.807) is 6.20 Å². The number of ether oxygens (including phenoxy) is 1. The molecule has 1 amide bonds. The first-order valence-electron chi connectivity index (χ1n) is 8.95. The molecule has 2 aromatic rings. The van der Waals surface area contributed by atoms with Crippen LogP contribution in [0.3, 0.4) is 0 Å². The number of aliphatic imine (C=N–C) groups is 1. The number of carbonyl (C=O) groups excluding carboxylic acids is 1. The molecule has 0 bridgehead atoms. The van der Waals surface area contributed by atoms with Crippen LogP contribution in [0.4, 0.5) is 0 Å². The van der Waals surface area contributed by atoms with Gasteiger partial charge in [0.05, 0.1) is 30.8 Å². The quantitative estimate of drug-likeness (QED) is 0.861. The molecule has 1 aromatic carbocycles. The van der Waals surface area contributed by atoms with E-state index >= 15 is 0 Å². The minimum Gasteiger partial charge on any atom is -0.383 e. The first-order chi connectivity index (χ1) is 12.7. The molecule has 6 nitrogen and oxygen atoms in total. The van der Waals surface area contributed by atoms with Gasteiger partial charge in [-0.3, -0.25) is 14.8 Å². The molecule has 0 saturated carbocycles. The van der Waals surface area contributed by atoms with E-state index in [4.69, 9.17) is 10.5 Å². The molecule has 0 aliphatic carbocycles. The summed E-state index contributed by atoms with van der Waals surface area (Å²) in [5.74, 6) is 0.458. The molecule has 2 atom stereocenters. The Labute approximate surface area is 152 Å². The van der Waals surface area contributed by atoms with Gasteiger partial charge in [-0.05, 0) is 30.0 Å². The zero-order chi connectivity index (χ0) is 17.9. The van der Waals surface area contributed by atoms with Crippen LogP contribution in [0.2, 0.25) is 0 Å². The normalized spacial score (nSPS) is 19.7. The molecule has 1 saturated heterocycles. The van der Waals surface area contributed by atoms with E-state index in [1.165, 1.54) is 0 Å². The molecule has 2 aliphatic heterocycles.